The first-order valence-electron chi connectivity index (χ1n) is 2.69. The summed E-state index contributed by atoms with van der Waals surface area (Å²) in [6, 6.07) is 0. The molecular formula is C5H12INO. The van der Waals surface area contributed by atoms with Gasteiger partial charge in [0.25, 0.3) is 0 Å². The van der Waals surface area contributed by atoms with Gasteiger partial charge in [-0.05, 0) is 6.92 Å². The molecule has 2 nitrogen and oxygen atoms in total. The van der Waals surface area contributed by atoms with Crippen LogP contribution in [0.25, 0.3) is 0 Å². The number of halogens is 1. The number of hydrogen-bond acceptors (Lipinski definition) is 2. The number of nitrogens with two attached hydrogens (primary N) is 1. The maximum Gasteiger partial charge on any atom is 0.0669 e. The smallest absolute Gasteiger partial charge is 0.0669 e. The number of ether oxygens (including phenoxy) is 1. The van der Waals surface area contributed by atoms with E-state index >= 15 is 0 Å². The third-order valence-electron chi connectivity index (χ3n) is 0.811. The molecule has 1 atom stereocenters. The zero-order valence-corrected chi connectivity index (χ0v) is 7.22. The standard InChI is InChI=1S/C5H12INO/c1-5(4-7)8-3-2-6/h5H,2-4,7H2,1H3. The summed E-state index contributed by atoms with van der Waals surface area (Å²) in [6.45, 7) is 3.42. The molecule has 2 N–H and O–H groups in total. The van der Waals surface area contributed by atoms with Gasteiger partial charge in [-0.3, -0.25) is 0 Å². The van der Waals surface area contributed by atoms with Crippen LogP contribution in [0.4, 0.5) is 0 Å². The fraction of sp³-hybridized carbons (Fsp3) is 1.00. The SMILES string of the molecule is CC(CN)OCCI. The Hall–Kier alpha value is 0.650. The summed E-state index contributed by atoms with van der Waals surface area (Å²) in [5.41, 5.74) is 5.29. The lowest BCUT2D eigenvalue weighted by atomic mass is 10.4. The molecule has 0 amide bonds. The van der Waals surface area contributed by atoms with Crippen molar-refractivity contribution in [1.82, 2.24) is 0 Å². The predicted octanol–water partition coefficient (Wildman–Crippen LogP) is 0.785. The molecule has 0 aliphatic carbocycles. The zero-order valence-electron chi connectivity index (χ0n) is 5.06. The molecule has 0 saturated heterocycles. The second kappa shape index (κ2) is 5.78. The van der Waals surface area contributed by atoms with E-state index in [2.05, 4.69) is 22.6 Å². The number of alkyl halides is 1. The molecule has 1 unspecified atom stereocenters. The van der Waals surface area contributed by atoms with Gasteiger partial charge in [-0.25, -0.2) is 0 Å². The van der Waals surface area contributed by atoms with Crippen molar-refractivity contribution in [2.75, 3.05) is 17.6 Å². The topological polar surface area (TPSA) is 35.2 Å². The Balaban J connectivity index is 2.86. The molecule has 0 fully saturated rings. The quantitative estimate of drug-likeness (QED) is 0.571. The molecule has 50 valence electrons. The van der Waals surface area contributed by atoms with Crippen molar-refractivity contribution >= 4 is 22.6 Å². The van der Waals surface area contributed by atoms with E-state index in [1.807, 2.05) is 6.92 Å². The Kier molecular flexibility index (Phi) is 6.25. The first-order chi connectivity index (χ1) is 3.81. The fourth-order valence-electron chi connectivity index (χ4n) is 0.314. The molecule has 3 heteroatoms. The van der Waals surface area contributed by atoms with Gasteiger partial charge in [0.15, 0.2) is 0 Å². The van der Waals surface area contributed by atoms with Crippen LogP contribution in [-0.2, 0) is 4.74 Å². The van der Waals surface area contributed by atoms with E-state index in [0.29, 0.717) is 6.54 Å². The van der Waals surface area contributed by atoms with Crippen molar-refractivity contribution < 1.29 is 4.74 Å². The van der Waals surface area contributed by atoms with Crippen molar-refractivity contribution in [2.24, 2.45) is 5.73 Å². The van der Waals surface area contributed by atoms with Gasteiger partial charge in [0.1, 0.15) is 0 Å². The minimum absolute atomic E-state index is 0.227. The first-order valence-corrected chi connectivity index (χ1v) is 4.21. The van der Waals surface area contributed by atoms with Crippen molar-refractivity contribution in [3.8, 4) is 0 Å². The average molecular weight is 229 g/mol. The summed E-state index contributed by atoms with van der Waals surface area (Å²) >= 11 is 2.27. The van der Waals surface area contributed by atoms with E-state index in [0.717, 1.165) is 11.0 Å². The van der Waals surface area contributed by atoms with Crippen LogP contribution in [-0.4, -0.2) is 23.7 Å². The molecule has 0 spiro atoms. The third-order valence-corrected chi connectivity index (χ3v) is 1.25. The van der Waals surface area contributed by atoms with Crippen LogP contribution in [0.2, 0.25) is 0 Å². The minimum atomic E-state index is 0.227. The van der Waals surface area contributed by atoms with E-state index < -0.39 is 0 Å². The summed E-state index contributed by atoms with van der Waals surface area (Å²) in [5.74, 6) is 0. The molecule has 0 saturated carbocycles. The number of hydrogen-bond donors (Lipinski definition) is 1. The lowest BCUT2D eigenvalue weighted by Gasteiger charge is -2.07. The molecule has 0 aliphatic heterocycles. The Morgan fingerprint density at radius 1 is 1.75 bits per heavy atom. The third kappa shape index (κ3) is 4.80. The summed E-state index contributed by atoms with van der Waals surface area (Å²) in [7, 11) is 0. The highest BCUT2D eigenvalue weighted by atomic mass is 127. The Morgan fingerprint density at radius 3 is 2.75 bits per heavy atom. The highest BCUT2D eigenvalue weighted by Crippen LogP contribution is 1.88. The summed E-state index contributed by atoms with van der Waals surface area (Å²) < 4.78 is 6.25. The molecule has 0 aromatic rings. The molecule has 8 heavy (non-hydrogen) atoms. The Bertz CT molecular complexity index is 51.7. The van der Waals surface area contributed by atoms with E-state index in [-0.39, 0.29) is 6.10 Å². The summed E-state index contributed by atoms with van der Waals surface area (Å²) in [5, 5.41) is 0. The normalized spacial score (nSPS) is 13.9. The van der Waals surface area contributed by atoms with Crippen LogP contribution in [0.5, 0.6) is 0 Å². The predicted molar refractivity (Wildman–Crippen MR) is 43.4 cm³/mol. The maximum absolute atomic E-state index is 5.29. The van der Waals surface area contributed by atoms with Gasteiger partial charge in [0.05, 0.1) is 12.7 Å². The first kappa shape index (κ1) is 8.65. The average Bonchev–Trinajstić information content (AvgIpc) is 1.83. The minimum Gasteiger partial charge on any atom is -0.376 e. The van der Waals surface area contributed by atoms with Crippen molar-refractivity contribution in [2.45, 2.75) is 13.0 Å². The largest absolute Gasteiger partial charge is 0.376 e. The van der Waals surface area contributed by atoms with E-state index in [9.17, 15) is 0 Å². The monoisotopic (exact) mass is 229 g/mol. The summed E-state index contributed by atoms with van der Waals surface area (Å²) in [4.78, 5) is 0. The van der Waals surface area contributed by atoms with E-state index in [4.69, 9.17) is 10.5 Å². The van der Waals surface area contributed by atoms with Gasteiger partial charge in [-0.15, -0.1) is 0 Å². The maximum atomic E-state index is 5.29. The van der Waals surface area contributed by atoms with Crippen LogP contribution >= 0.6 is 22.6 Å². The van der Waals surface area contributed by atoms with Crippen molar-refractivity contribution in [3.63, 3.8) is 0 Å². The molecule has 0 radical (unpaired) electrons. The van der Waals surface area contributed by atoms with Crippen LogP contribution in [0.1, 0.15) is 6.92 Å². The van der Waals surface area contributed by atoms with Gasteiger partial charge in [-0.1, -0.05) is 22.6 Å². The van der Waals surface area contributed by atoms with Crippen molar-refractivity contribution in [3.05, 3.63) is 0 Å². The van der Waals surface area contributed by atoms with Crippen LogP contribution < -0.4 is 5.73 Å². The lowest BCUT2D eigenvalue weighted by molar-refractivity contribution is 0.0858. The molecule has 0 aromatic carbocycles. The second-order valence-corrected chi connectivity index (χ2v) is 2.68. The number of rotatable bonds is 4. The van der Waals surface area contributed by atoms with Crippen molar-refractivity contribution in [1.29, 1.82) is 0 Å². The second-order valence-electron chi connectivity index (χ2n) is 1.61. The zero-order chi connectivity index (χ0) is 6.41. The van der Waals surface area contributed by atoms with Gasteiger partial charge < -0.3 is 10.5 Å². The fourth-order valence-corrected chi connectivity index (χ4v) is 0.568. The van der Waals surface area contributed by atoms with Crippen LogP contribution in [0.15, 0.2) is 0 Å². The molecular weight excluding hydrogens is 217 g/mol. The lowest BCUT2D eigenvalue weighted by Crippen LogP contribution is -2.20. The Labute approximate surface area is 63.9 Å². The molecule has 0 bridgehead atoms. The van der Waals surface area contributed by atoms with Gasteiger partial charge in [0, 0.05) is 11.0 Å². The molecule has 0 aliphatic rings. The van der Waals surface area contributed by atoms with Gasteiger partial charge in [0.2, 0.25) is 0 Å². The molecule has 0 aromatic heterocycles. The van der Waals surface area contributed by atoms with Gasteiger partial charge >= 0.3 is 0 Å². The van der Waals surface area contributed by atoms with Crippen LogP contribution in [0, 0.1) is 0 Å². The molecule has 0 heterocycles. The Morgan fingerprint density at radius 2 is 2.38 bits per heavy atom. The van der Waals surface area contributed by atoms with E-state index in [1.165, 1.54) is 0 Å². The highest BCUT2D eigenvalue weighted by molar-refractivity contribution is 14.1. The van der Waals surface area contributed by atoms with Gasteiger partial charge in [-0.2, -0.15) is 0 Å². The highest BCUT2D eigenvalue weighted by Gasteiger charge is 1.94. The molecule has 0 rings (SSSR count). The summed E-state index contributed by atoms with van der Waals surface area (Å²) in [6.07, 6.45) is 0.227. The van der Waals surface area contributed by atoms with E-state index in [1.54, 1.807) is 0 Å². The van der Waals surface area contributed by atoms with Crippen LogP contribution in [0.3, 0.4) is 0 Å².